The lowest BCUT2D eigenvalue weighted by atomic mass is 9.72. The zero-order valence-electron chi connectivity index (χ0n) is 15.3. The summed E-state index contributed by atoms with van der Waals surface area (Å²) < 4.78 is 5.88. The van der Waals surface area contributed by atoms with Crippen molar-refractivity contribution in [2.75, 3.05) is 0 Å². The third kappa shape index (κ3) is 5.82. The molecule has 1 aromatic rings. The lowest BCUT2D eigenvalue weighted by Crippen LogP contribution is -2.34. The number of carbonyl (C=O) groups is 1. The van der Waals surface area contributed by atoms with Gasteiger partial charge < -0.3 is 4.74 Å². The molecule has 0 saturated heterocycles. The van der Waals surface area contributed by atoms with E-state index in [2.05, 4.69) is 48.5 Å². The van der Waals surface area contributed by atoms with E-state index in [4.69, 9.17) is 4.74 Å². The minimum atomic E-state index is -0.154. The molecule has 1 rings (SSSR count). The largest absolute Gasteiger partial charge is 0.457 e. The van der Waals surface area contributed by atoms with Gasteiger partial charge in [-0.25, -0.2) is 0 Å². The first-order valence-electron chi connectivity index (χ1n) is 8.30. The summed E-state index contributed by atoms with van der Waals surface area (Å²) in [4.78, 5) is 12.8. The van der Waals surface area contributed by atoms with Crippen LogP contribution in [0.5, 0.6) is 0 Å². The van der Waals surface area contributed by atoms with Gasteiger partial charge in [-0.2, -0.15) is 0 Å². The van der Waals surface area contributed by atoms with Crippen molar-refractivity contribution in [3.8, 4) is 0 Å². The molecule has 0 radical (unpaired) electrons. The fourth-order valence-corrected chi connectivity index (χ4v) is 2.63. The summed E-state index contributed by atoms with van der Waals surface area (Å²) in [5.74, 6) is -0.164. The highest BCUT2D eigenvalue weighted by Crippen LogP contribution is 2.38. The zero-order valence-corrected chi connectivity index (χ0v) is 15.3. The smallest absolute Gasteiger partial charge is 0.310 e. The number of esters is 1. The Hall–Kier alpha value is -1.31. The van der Waals surface area contributed by atoms with Crippen molar-refractivity contribution < 1.29 is 9.53 Å². The first-order chi connectivity index (χ1) is 10.0. The molecule has 124 valence electrons. The Morgan fingerprint density at radius 1 is 1.05 bits per heavy atom. The van der Waals surface area contributed by atoms with E-state index >= 15 is 0 Å². The number of carbonyl (C=O) groups excluding carboxylic acids is 1. The highest BCUT2D eigenvalue weighted by atomic mass is 16.5. The summed E-state index contributed by atoms with van der Waals surface area (Å²) in [6, 6.07) is 10.0. The maximum atomic E-state index is 12.8. The molecule has 0 spiro atoms. The average Bonchev–Trinajstić information content (AvgIpc) is 2.41. The van der Waals surface area contributed by atoms with Gasteiger partial charge in [-0.1, -0.05) is 78.8 Å². The molecular weight excluding hydrogens is 272 g/mol. The van der Waals surface area contributed by atoms with Crippen LogP contribution in [0.3, 0.4) is 0 Å². The lowest BCUT2D eigenvalue weighted by Gasteiger charge is -2.34. The molecule has 0 aromatic heterocycles. The Labute approximate surface area is 136 Å². The van der Waals surface area contributed by atoms with E-state index in [1.807, 2.05) is 30.3 Å². The quantitative estimate of drug-likeness (QED) is 0.644. The minimum absolute atomic E-state index is 0.0712. The second-order valence-corrected chi connectivity index (χ2v) is 8.43. The molecule has 22 heavy (non-hydrogen) atoms. The van der Waals surface area contributed by atoms with Crippen LogP contribution in [0.15, 0.2) is 30.3 Å². The Bertz CT molecular complexity index is 463. The highest BCUT2D eigenvalue weighted by molar-refractivity contribution is 5.73. The van der Waals surface area contributed by atoms with E-state index in [1.165, 1.54) is 0 Å². The van der Waals surface area contributed by atoms with Crippen LogP contribution >= 0.6 is 0 Å². The summed E-state index contributed by atoms with van der Waals surface area (Å²) in [6.45, 7) is 14.9. The molecule has 0 aliphatic carbocycles. The first-order valence-corrected chi connectivity index (χ1v) is 8.30. The maximum Gasteiger partial charge on any atom is 0.310 e. The van der Waals surface area contributed by atoms with E-state index < -0.39 is 0 Å². The molecule has 0 aliphatic rings. The number of hydrogen-bond acceptors (Lipinski definition) is 2. The highest BCUT2D eigenvalue weighted by Gasteiger charge is 2.36. The van der Waals surface area contributed by atoms with E-state index in [1.54, 1.807) is 0 Å². The molecule has 0 N–H and O–H groups in total. The lowest BCUT2D eigenvalue weighted by molar-refractivity contribution is -0.160. The molecule has 2 unspecified atom stereocenters. The number of hydrogen-bond donors (Lipinski definition) is 0. The molecule has 0 saturated carbocycles. The predicted molar refractivity (Wildman–Crippen MR) is 92.6 cm³/mol. The molecule has 0 bridgehead atoms. The third-order valence-electron chi connectivity index (χ3n) is 3.95. The van der Waals surface area contributed by atoms with E-state index in [-0.39, 0.29) is 28.8 Å². The van der Waals surface area contributed by atoms with Crippen LogP contribution in [0.2, 0.25) is 0 Å². The van der Waals surface area contributed by atoms with Crippen LogP contribution in [-0.2, 0) is 9.53 Å². The summed E-state index contributed by atoms with van der Waals surface area (Å²) in [5, 5.41) is 0. The van der Waals surface area contributed by atoms with Gasteiger partial charge in [-0.3, -0.25) is 4.79 Å². The Morgan fingerprint density at radius 3 is 2.00 bits per heavy atom. The van der Waals surface area contributed by atoms with Gasteiger partial charge in [0.15, 0.2) is 0 Å². The SMILES string of the molecule is CCC(OC(=O)C(CC(C)(C)C)C(C)(C)C)c1ccccc1. The monoisotopic (exact) mass is 304 g/mol. The molecule has 1 aromatic carbocycles. The summed E-state index contributed by atoms with van der Waals surface area (Å²) >= 11 is 0. The van der Waals surface area contributed by atoms with Gasteiger partial charge in [-0.05, 0) is 29.2 Å². The van der Waals surface area contributed by atoms with E-state index in [0.29, 0.717) is 0 Å². The molecule has 2 nitrogen and oxygen atoms in total. The van der Waals surface area contributed by atoms with Gasteiger partial charge in [0, 0.05) is 0 Å². The molecule has 0 fully saturated rings. The van der Waals surface area contributed by atoms with E-state index in [0.717, 1.165) is 18.4 Å². The maximum absolute atomic E-state index is 12.8. The minimum Gasteiger partial charge on any atom is -0.457 e. The second kappa shape index (κ2) is 7.30. The molecule has 2 heteroatoms. The fraction of sp³-hybridized carbons (Fsp3) is 0.650. The third-order valence-corrected chi connectivity index (χ3v) is 3.95. The van der Waals surface area contributed by atoms with Crippen LogP contribution in [0.1, 0.15) is 73.0 Å². The van der Waals surface area contributed by atoms with Crippen molar-refractivity contribution in [1.29, 1.82) is 0 Å². The topological polar surface area (TPSA) is 26.3 Å². The Kier molecular flexibility index (Phi) is 6.22. The van der Waals surface area contributed by atoms with Crippen molar-refractivity contribution >= 4 is 5.97 Å². The number of rotatable bonds is 5. The Morgan fingerprint density at radius 2 is 1.59 bits per heavy atom. The normalized spacial score (nSPS) is 15.2. The number of benzene rings is 1. The van der Waals surface area contributed by atoms with Gasteiger partial charge in [-0.15, -0.1) is 0 Å². The van der Waals surface area contributed by atoms with Crippen LogP contribution in [-0.4, -0.2) is 5.97 Å². The molecule has 0 aliphatic heterocycles. The summed E-state index contributed by atoms with van der Waals surface area (Å²) in [6.07, 6.45) is 1.47. The average molecular weight is 304 g/mol. The first kappa shape index (κ1) is 18.7. The molecular formula is C20H32O2. The van der Waals surface area contributed by atoms with Gasteiger partial charge >= 0.3 is 5.97 Å². The summed E-state index contributed by atoms with van der Waals surface area (Å²) in [5.41, 5.74) is 1.08. The second-order valence-electron chi connectivity index (χ2n) is 8.43. The van der Waals surface area contributed by atoms with E-state index in [9.17, 15) is 4.79 Å². The van der Waals surface area contributed by atoms with Gasteiger partial charge in [0.25, 0.3) is 0 Å². The van der Waals surface area contributed by atoms with Crippen molar-refractivity contribution in [3.63, 3.8) is 0 Å². The molecule has 0 heterocycles. The van der Waals surface area contributed by atoms with Gasteiger partial charge in [0.05, 0.1) is 5.92 Å². The summed E-state index contributed by atoms with van der Waals surface area (Å²) in [7, 11) is 0. The van der Waals surface area contributed by atoms with Crippen molar-refractivity contribution in [2.45, 2.75) is 67.4 Å². The van der Waals surface area contributed by atoms with Crippen molar-refractivity contribution in [2.24, 2.45) is 16.7 Å². The van der Waals surface area contributed by atoms with Gasteiger partial charge in [0.1, 0.15) is 6.10 Å². The van der Waals surface area contributed by atoms with Crippen molar-refractivity contribution in [3.05, 3.63) is 35.9 Å². The van der Waals surface area contributed by atoms with Crippen LogP contribution in [0, 0.1) is 16.7 Å². The molecule has 2 atom stereocenters. The zero-order chi connectivity index (χ0) is 17.0. The predicted octanol–water partition coefficient (Wildman–Crippen LogP) is 5.78. The standard InChI is InChI=1S/C20H32O2/c1-8-17(15-12-10-9-11-13-15)22-18(21)16(20(5,6)7)14-19(2,3)4/h9-13,16-17H,8,14H2,1-7H3. The number of ether oxygens (including phenoxy) is 1. The fourth-order valence-electron chi connectivity index (χ4n) is 2.63. The van der Waals surface area contributed by atoms with Crippen LogP contribution in [0.4, 0.5) is 0 Å². The van der Waals surface area contributed by atoms with Crippen LogP contribution < -0.4 is 0 Å². The van der Waals surface area contributed by atoms with Crippen molar-refractivity contribution in [1.82, 2.24) is 0 Å². The van der Waals surface area contributed by atoms with Gasteiger partial charge in [0.2, 0.25) is 0 Å². The van der Waals surface area contributed by atoms with Crippen LogP contribution in [0.25, 0.3) is 0 Å². The molecule has 0 amide bonds. The Balaban J connectivity index is 2.90.